The lowest BCUT2D eigenvalue weighted by Gasteiger charge is -2.13. The highest BCUT2D eigenvalue weighted by molar-refractivity contribution is 7.90. The molecule has 4 heterocycles. The van der Waals surface area contributed by atoms with Crippen LogP contribution in [0.2, 0.25) is 0 Å². The Labute approximate surface area is 266 Å². The highest BCUT2D eigenvalue weighted by Crippen LogP contribution is 2.30. The Morgan fingerprint density at radius 3 is 2.54 bits per heavy atom. The van der Waals surface area contributed by atoms with Crippen molar-refractivity contribution in [1.82, 2.24) is 38.8 Å². The first kappa shape index (κ1) is 30.9. The molecule has 1 saturated carbocycles. The molecule has 12 nitrogen and oxygen atoms in total. The number of anilines is 3. The van der Waals surface area contributed by atoms with Crippen LogP contribution < -0.4 is 10.6 Å². The van der Waals surface area contributed by atoms with Gasteiger partial charge in [-0.1, -0.05) is 36.1 Å². The van der Waals surface area contributed by atoms with E-state index in [1.807, 2.05) is 20.2 Å². The van der Waals surface area contributed by atoms with E-state index in [0.717, 1.165) is 21.9 Å². The number of aryl methyl sites for hydroxylation is 1. The van der Waals surface area contributed by atoms with Gasteiger partial charge in [-0.3, -0.25) is 4.68 Å². The van der Waals surface area contributed by atoms with Crippen LogP contribution in [0.4, 0.5) is 21.7 Å². The smallest absolute Gasteiger partial charge is 0.256 e. The molecular formula is C32H33FN10O2S. The van der Waals surface area contributed by atoms with Crippen molar-refractivity contribution in [3.8, 4) is 23.2 Å². The van der Waals surface area contributed by atoms with E-state index in [0.29, 0.717) is 53.5 Å². The topological polar surface area (TPSA) is 136 Å². The monoisotopic (exact) mass is 640 g/mol. The van der Waals surface area contributed by atoms with E-state index in [4.69, 9.17) is 0 Å². The van der Waals surface area contributed by atoms with Crippen molar-refractivity contribution >= 4 is 27.3 Å². The number of hydrogen-bond acceptors (Lipinski definition) is 10. The molecule has 0 saturated heterocycles. The summed E-state index contributed by atoms with van der Waals surface area (Å²) in [6, 6.07) is 12.0. The summed E-state index contributed by atoms with van der Waals surface area (Å²) in [7, 11) is 0.586. The number of rotatable bonds is 12. The van der Waals surface area contributed by atoms with E-state index in [9.17, 15) is 12.8 Å². The number of halogens is 1. The molecule has 0 spiro atoms. The van der Waals surface area contributed by atoms with E-state index >= 15 is 0 Å². The van der Waals surface area contributed by atoms with Gasteiger partial charge in [0, 0.05) is 37.7 Å². The molecule has 2 N–H and O–H groups in total. The average molecular weight is 641 g/mol. The van der Waals surface area contributed by atoms with Crippen molar-refractivity contribution in [3.05, 3.63) is 95.8 Å². The zero-order chi connectivity index (χ0) is 32.1. The quantitative estimate of drug-likeness (QED) is 0.192. The van der Waals surface area contributed by atoms with E-state index in [-0.39, 0.29) is 11.8 Å². The molecule has 1 aliphatic carbocycles. The fourth-order valence-corrected chi connectivity index (χ4v) is 6.12. The highest BCUT2D eigenvalue weighted by Gasteiger charge is 2.37. The number of aromatic nitrogens is 7. The maximum atomic E-state index is 12.7. The number of nitrogens with zero attached hydrogens (tertiary/aromatic N) is 8. The van der Waals surface area contributed by atoms with E-state index in [1.54, 1.807) is 30.9 Å². The van der Waals surface area contributed by atoms with Gasteiger partial charge in [-0.05, 0) is 44.1 Å². The molecule has 1 aliphatic rings. The van der Waals surface area contributed by atoms with Crippen LogP contribution in [-0.4, -0.2) is 73.3 Å². The molecule has 0 aliphatic heterocycles. The van der Waals surface area contributed by atoms with Crippen LogP contribution in [-0.2, 0) is 29.7 Å². The molecule has 46 heavy (non-hydrogen) atoms. The summed E-state index contributed by atoms with van der Waals surface area (Å²) >= 11 is 0. The molecule has 0 radical (unpaired) electrons. The largest absolute Gasteiger partial charge is 0.380 e. The molecule has 0 unspecified atom stereocenters. The summed E-state index contributed by atoms with van der Waals surface area (Å²) in [6.45, 7) is 1.09. The van der Waals surface area contributed by atoms with Gasteiger partial charge in [0.15, 0.2) is 5.82 Å². The minimum atomic E-state index is -3.49. The summed E-state index contributed by atoms with van der Waals surface area (Å²) in [6.07, 6.45) is 10.7. The second-order valence-electron chi connectivity index (χ2n) is 11.2. The van der Waals surface area contributed by atoms with Gasteiger partial charge in [0.25, 0.3) is 10.0 Å². The van der Waals surface area contributed by atoms with Crippen LogP contribution >= 0.6 is 0 Å². The second kappa shape index (κ2) is 13.5. The molecule has 236 valence electrons. The molecule has 0 amide bonds. The minimum absolute atomic E-state index is 0.177. The van der Waals surface area contributed by atoms with Gasteiger partial charge in [0.1, 0.15) is 18.3 Å². The molecule has 6 rings (SSSR count). The molecule has 1 fully saturated rings. The van der Waals surface area contributed by atoms with Crippen LogP contribution in [0.15, 0.2) is 73.6 Å². The lowest BCUT2D eigenvalue weighted by molar-refractivity contribution is 0.402. The van der Waals surface area contributed by atoms with Gasteiger partial charge in [-0.2, -0.15) is 14.3 Å². The van der Waals surface area contributed by atoms with Gasteiger partial charge in [0.05, 0.1) is 52.8 Å². The number of alkyl halides is 1. The first-order valence-corrected chi connectivity index (χ1v) is 16.2. The number of hydrogen-bond donors (Lipinski definition) is 2. The summed E-state index contributed by atoms with van der Waals surface area (Å²) < 4.78 is 40.4. The standard InChI is InChI=1S/C32H33FN10O2S/c1-41(2)20-24-5-3-23(4-6-24)16-35-29-15-31(36-18-26(29)8-7-25-17-37-42(21-25)14-12-33)39-30-11-13-34-32(40-30)27-19-38-43(22-27)46(44,45)28-9-10-28/h3-6,11,13,15,17-19,21-22,28H,9-10,12,14,16,20H2,1-2H3,(H2,34,35,36,39,40). The van der Waals surface area contributed by atoms with Crippen molar-refractivity contribution in [1.29, 1.82) is 0 Å². The van der Waals surface area contributed by atoms with Crippen LogP contribution in [0.3, 0.4) is 0 Å². The summed E-state index contributed by atoms with van der Waals surface area (Å²) in [5.41, 5.74) is 4.90. The van der Waals surface area contributed by atoms with Gasteiger partial charge in [-0.25, -0.2) is 27.8 Å². The van der Waals surface area contributed by atoms with Crippen molar-refractivity contribution in [2.24, 2.45) is 0 Å². The summed E-state index contributed by atoms with van der Waals surface area (Å²) in [5, 5.41) is 14.5. The summed E-state index contributed by atoms with van der Waals surface area (Å²) in [4.78, 5) is 15.6. The van der Waals surface area contributed by atoms with Crippen LogP contribution in [0, 0.1) is 11.8 Å². The third-order valence-electron chi connectivity index (χ3n) is 7.13. The zero-order valence-electron chi connectivity index (χ0n) is 25.4. The highest BCUT2D eigenvalue weighted by atomic mass is 32.2. The van der Waals surface area contributed by atoms with Crippen LogP contribution in [0.5, 0.6) is 0 Å². The molecule has 0 bridgehead atoms. The predicted molar refractivity (Wildman–Crippen MR) is 173 cm³/mol. The predicted octanol–water partition coefficient (Wildman–Crippen LogP) is 4.06. The SMILES string of the molecule is CN(C)Cc1ccc(CNc2cc(Nc3ccnc(-c4cnn(S(=O)(=O)C5CC5)c4)n3)ncc2C#Cc2cnn(CCF)c2)cc1. The third kappa shape index (κ3) is 7.56. The second-order valence-corrected chi connectivity index (χ2v) is 13.3. The van der Waals surface area contributed by atoms with Gasteiger partial charge < -0.3 is 15.5 Å². The third-order valence-corrected chi connectivity index (χ3v) is 9.17. The summed E-state index contributed by atoms with van der Waals surface area (Å²) in [5.74, 6) is 7.56. The maximum absolute atomic E-state index is 12.7. The first-order chi connectivity index (χ1) is 22.3. The van der Waals surface area contributed by atoms with E-state index in [2.05, 4.69) is 76.8 Å². The molecular weight excluding hydrogens is 607 g/mol. The number of pyridine rings is 1. The fraction of sp³-hybridized carbons (Fsp3) is 0.281. The number of benzene rings is 1. The average Bonchev–Trinajstić information content (AvgIpc) is 3.62. The molecule has 5 aromatic rings. The van der Waals surface area contributed by atoms with Crippen molar-refractivity contribution in [2.75, 3.05) is 31.4 Å². The zero-order valence-corrected chi connectivity index (χ0v) is 26.2. The Morgan fingerprint density at radius 1 is 0.978 bits per heavy atom. The Morgan fingerprint density at radius 2 is 1.78 bits per heavy atom. The fourth-order valence-electron chi connectivity index (χ4n) is 4.65. The van der Waals surface area contributed by atoms with E-state index < -0.39 is 16.7 Å². The molecule has 0 atom stereocenters. The van der Waals surface area contributed by atoms with Gasteiger partial charge >= 0.3 is 0 Å². The van der Waals surface area contributed by atoms with Gasteiger partial charge in [-0.15, -0.1) is 0 Å². The first-order valence-electron chi connectivity index (χ1n) is 14.7. The lowest BCUT2D eigenvalue weighted by atomic mass is 10.1. The Balaban J connectivity index is 1.23. The molecule has 4 aromatic heterocycles. The van der Waals surface area contributed by atoms with E-state index in [1.165, 1.54) is 22.6 Å². The van der Waals surface area contributed by atoms with Crippen molar-refractivity contribution in [2.45, 2.75) is 37.7 Å². The van der Waals surface area contributed by atoms with Crippen LogP contribution in [0.25, 0.3) is 11.4 Å². The maximum Gasteiger partial charge on any atom is 0.256 e. The minimum Gasteiger partial charge on any atom is -0.380 e. The van der Waals surface area contributed by atoms with Crippen molar-refractivity contribution < 1.29 is 12.8 Å². The Kier molecular flexibility index (Phi) is 9.04. The molecule has 14 heteroatoms. The lowest BCUT2D eigenvalue weighted by Crippen LogP contribution is -2.17. The van der Waals surface area contributed by atoms with Crippen LogP contribution in [0.1, 0.15) is 35.1 Å². The Hall–Kier alpha value is -5.13. The van der Waals surface area contributed by atoms with Crippen molar-refractivity contribution in [3.63, 3.8) is 0 Å². The number of nitrogens with one attached hydrogen (secondary N) is 2. The molecule has 1 aromatic carbocycles. The normalized spacial score (nSPS) is 13.0. The Bertz CT molecular complexity index is 1990. The van der Waals surface area contributed by atoms with Gasteiger partial charge in [0.2, 0.25) is 0 Å².